The van der Waals surface area contributed by atoms with Crippen molar-refractivity contribution in [1.29, 1.82) is 0 Å². The third kappa shape index (κ3) is 4.47. The van der Waals surface area contributed by atoms with Gasteiger partial charge in [-0.3, -0.25) is 9.69 Å². The quantitative estimate of drug-likeness (QED) is 0.903. The average Bonchev–Trinajstić information content (AvgIpc) is 3.00. The Kier molecular flexibility index (Phi) is 6.60. The first kappa shape index (κ1) is 18.7. The number of carbonyl (C=O) groups is 1. The van der Waals surface area contributed by atoms with E-state index in [4.69, 9.17) is 5.73 Å². The van der Waals surface area contributed by atoms with E-state index in [1.807, 2.05) is 35.4 Å². The van der Waals surface area contributed by atoms with Gasteiger partial charge in [-0.05, 0) is 24.1 Å². The Hall–Kier alpha value is -1.63. The summed E-state index contributed by atoms with van der Waals surface area (Å²) < 4.78 is 0. The van der Waals surface area contributed by atoms with E-state index >= 15 is 0 Å². The largest absolute Gasteiger partial charge is 0.375 e. The van der Waals surface area contributed by atoms with Crippen molar-refractivity contribution < 1.29 is 4.79 Å². The van der Waals surface area contributed by atoms with Crippen molar-refractivity contribution >= 4 is 34.8 Å². The maximum atomic E-state index is 12.6. The van der Waals surface area contributed by atoms with Crippen molar-refractivity contribution in [3.63, 3.8) is 0 Å². The monoisotopic (exact) mass is 366 g/mol. The van der Waals surface area contributed by atoms with Crippen molar-refractivity contribution in [2.45, 2.75) is 19.9 Å². The fraction of sp³-hybridized carbons (Fsp3) is 0.412. The molecule has 1 saturated heterocycles. The molecule has 1 aliphatic rings. The number of benzene rings is 1. The van der Waals surface area contributed by atoms with Gasteiger partial charge in [0.05, 0.1) is 0 Å². The number of anilines is 1. The minimum atomic E-state index is 0. The van der Waals surface area contributed by atoms with Gasteiger partial charge in [0, 0.05) is 49.4 Å². The van der Waals surface area contributed by atoms with Crippen LogP contribution in [0.3, 0.4) is 0 Å². The molecule has 1 aliphatic heterocycles. The number of halogens is 1. The zero-order chi connectivity index (χ0) is 16.2. The van der Waals surface area contributed by atoms with E-state index in [0.29, 0.717) is 5.13 Å². The number of hydrogen-bond acceptors (Lipinski definition) is 5. The summed E-state index contributed by atoms with van der Waals surface area (Å²) >= 11 is 1.53. The summed E-state index contributed by atoms with van der Waals surface area (Å²) in [6.45, 7) is 6.29. The number of aromatic nitrogens is 1. The van der Waals surface area contributed by atoms with Crippen LogP contribution in [0.15, 0.2) is 30.5 Å². The van der Waals surface area contributed by atoms with Crippen molar-refractivity contribution in [2.75, 3.05) is 31.9 Å². The van der Waals surface area contributed by atoms with E-state index in [1.54, 1.807) is 0 Å². The van der Waals surface area contributed by atoms with Gasteiger partial charge in [0.1, 0.15) is 0 Å². The van der Waals surface area contributed by atoms with Crippen molar-refractivity contribution in [2.24, 2.45) is 0 Å². The number of rotatable bonds is 4. The Labute approximate surface area is 152 Å². The number of aryl methyl sites for hydroxylation is 1. The smallest absolute Gasteiger partial charge is 0.253 e. The molecular formula is C17H23ClN4OS. The number of nitrogens with zero attached hydrogens (tertiary/aromatic N) is 3. The van der Waals surface area contributed by atoms with Gasteiger partial charge < -0.3 is 10.6 Å². The molecule has 1 aromatic carbocycles. The molecule has 5 nitrogen and oxygen atoms in total. The van der Waals surface area contributed by atoms with E-state index in [1.165, 1.54) is 21.8 Å². The van der Waals surface area contributed by atoms with Gasteiger partial charge in [0.15, 0.2) is 5.13 Å². The molecule has 0 saturated carbocycles. The van der Waals surface area contributed by atoms with Gasteiger partial charge in [0.25, 0.3) is 5.91 Å². The summed E-state index contributed by atoms with van der Waals surface area (Å²) in [5, 5.41) is 0.615. The molecule has 0 radical (unpaired) electrons. The Balaban J connectivity index is 0.00000208. The van der Waals surface area contributed by atoms with Crippen LogP contribution in [-0.2, 0) is 13.0 Å². The molecule has 0 atom stereocenters. The second kappa shape index (κ2) is 8.46. The topological polar surface area (TPSA) is 62.5 Å². The molecule has 3 rings (SSSR count). The predicted octanol–water partition coefficient (Wildman–Crippen LogP) is 2.67. The third-order valence-corrected chi connectivity index (χ3v) is 5.03. The molecule has 7 heteroatoms. The molecule has 2 heterocycles. The van der Waals surface area contributed by atoms with Crippen LogP contribution in [-0.4, -0.2) is 46.9 Å². The lowest BCUT2D eigenvalue weighted by molar-refractivity contribution is 0.0629. The first-order valence-electron chi connectivity index (χ1n) is 7.96. The Bertz CT molecular complexity index is 665. The number of piperazine rings is 1. The Morgan fingerprint density at radius 2 is 1.88 bits per heavy atom. The third-order valence-electron chi connectivity index (χ3n) is 4.22. The lowest BCUT2D eigenvalue weighted by Crippen LogP contribution is -2.48. The van der Waals surface area contributed by atoms with Crippen molar-refractivity contribution in [3.8, 4) is 0 Å². The van der Waals surface area contributed by atoms with Crippen LogP contribution in [0.1, 0.15) is 27.7 Å². The fourth-order valence-electron chi connectivity index (χ4n) is 2.79. The molecule has 2 aromatic rings. The molecule has 1 fully saturated rings. The first-order valence-corrected chi connectivity index (χ1v) is 8.78. The lowest BCUT2D eigenvalue weighted by Gasteiger charge is -2.34. The van der Waals surface area contributed by atoms with Crippen molar-refractivity contribution in [1.82, 2.24) is 14.8 Å². The van der Waals surface area contributed by atoms with E-state index in [0.717, 1.165) is 44.7 Å². The molecule has 130 valence electrons. The second-order valence-corrected chi connectivity index (χ2v) is 6.93. The maximum Gasteiger partial charge on any atom is 0.253 e. The highest BCUT2D eigenvalue weighted by Crippen LogP contribution is 2.18. The Morgan fingerprint density at radius 3 is 2.42 bits per heavy atom. The highest BCUT2D eigenvalue weighted by molar-refractivity contribution is 7.15. The molecular weight excluding hydrogens is 344 g/mol. The molecule has 0 aliphatic carbocycles. The van der Waals surface area contributed by atoms with Gasteiger partial charge in [-0.2, -0.15) is 0 Å². The van der Waals surface area contributed by atoms with E-state index in [9.17, 15) is 4.79 Å². The number of nitrogen functional groups attached to an aromatic ring is 1. The van der Waals surface area contributed by atoms with E-state index < -0.39 is 0 Å². The zero-order valence-corrected chi connectivity index (χ0v) is 15.4. The standard InChI is InChI=1S/C17H22N4OS.ClH/c1-2-13-3-5-14(6-4-13)16(22)21-9-7-20(8-10-21)12-15-11-19-17(18)23-15;/h3-6,11H,2,7-10,12H2,1H3,(H2,18,19);1H. The average molecular weight is 367 g/mol. The molecule has 2 N–H and O–H groups in total. The normalized spacial score (nSPS) is 15.1. The molecule has 24 heavy (non-hydrogen) atoms. The summed E-state index contributed by atoms with van der Waals surface area (Å²) in [5.41, 5.74) is 7.71. The van der Waals surface area contributed by atoms with Crippen LogP contribution in [0, 0.1) is 0 Å². The van der Waals surface area contributed by atoms with Crippen molar-refractivity contribution in [3.05, 3.63) is 46.5 Å². The maximum absolute atomic E-state index is 12.6. The molecule has 1 amide bonds. The van der Waals surface area contributed by atoms with Crippen LogP contribution in [0.2, 0.25) is 0 Å². The summed E-state index contributed by atoms with van der Waals surface area (Å²) in [4.78, 5) is 22.1. The number of nitrogens with two attached hydrogens (primary N) is 1. The molecule has 1 aromatic heterocycles. The van der Waals surface area contributed by atoms with Crippen LogP contribution >= 0.6 is 23.7 Å². The van der Waals surface area contributed by atoms with Crippen LogP contribution in [0.5, 0.6) is 0 Å². The number of carbonyl (C=O) groups excluding carboxylic acids is 1. The minimum Gasteiger partial charge on any atom is -0.375 e. The number of thiazole rings is 1. The predicted molar refractivity (Wildman–Crippen MR) is 101 cm³/mol. The number of hydrogen-bond donors (Lipinski definition) is 1. The molecule has 0 bridgehead atoms. The highest BCUT2D eigenvalue weighted by atomic mass is 35.5. The lowest BCUT2D eigenvalue weighted by atomic mass is 10.1. The number of amides is 1. The highest BCUT2D eigenvalue weighted by Gasteiger charge is 2.22. The zero-order valence-electron chi connectivity index (χ0n) is 13.8. The Morgan fingerprint density at radius 1 is 1.21 bits per heavy atom. The summed E-state index contributed by atoms with van der Waals surface area (Å²) in [7, 11) is 0. The fourth-order valence-corrected chi connectivity index (χ4v) is 3.52. The van der Waals surface area contributed by atoms with E-state index in [-0.39, 0.29) is 18.3 Å². The van der Waals surface area contributed by atoms with Crippen LogP contribution < -0.4 is 5.73 Å². The van der Waals surface area contributed by atoms with E-state index in [2.05, 4.69) is 16.8 Å². The van der Waals surface area contributed by atoms with Gasteiger partial charge in [-0.15, -0.1) is 23.7 Å². The summed E-state index contributed by atoms with van der Waals surface area (Å²) in [6, 6.07) is 7.95. The van der Waals surface area contributed by atoms with Gasteiger partial charge in [0.2, 0.25) is 0 Å². The van der Waals surface area contributed by atoms with Crippen LogP contribution in [0.25, 0.3) is 0 Å². The SMILES string of the molecule is CCc1ccc(C(=O)N2CCN(Cc3cnc(N)s3)CC2)cc1.Cl. The second-order valence-electron chi connectivity index (χ2n) is 5.78. The van der Waals surface area contributed by atoms with Gasteiger partial charge >= 0.3 is 0 Å². The molecule has 0 spiro atoms. The summed E-state index contributed by atoms with van der Waals surface area (Å²) in [6.07, 6.45) is 2.84. The first-order chi connectivity index (χ1) is 11.2. The minimum absolute atomic E-state index is 0. The summed E-state index contributed by atoms with van der Waals surface area (Å²) in [5.74, 6) is 0.134. The van der Waals surface area contributed by atoms with Crippen LogP contribution in [0.4, 0.5) is 5.13 Å². The van der Waals surface area contributed by atoms with Gasteiger partial charge in [-0.25, -0.2) is 4.98 Å². The van der Waals surface area contributed by atoms with Gasteiger partial charge in [-0.1, -0.05) is 19.1 Å². The molecule has 0 unspecified atom stereocenters.